The van der Waals surface area contributed by atoms with Crippen LogP contribution in [-0.2, 0) is 25.0 Å². The summed E-state index contributed by atoms with van der Waals surface area (Å²) in [5, 5.41) is 5.15. The molecule has 8 nitrogen and oxygen atoms in total. The number of imide groups is 1. The molecule has 35 heavy (non-hydrogen) atoms. The van der Waals surface area contributed by atoms with Crippen LogP contribution in [0.1, 0.15) is 11.1 Å². The third kappa shape index (κ3) is 4.37. The van der Waals surface area contributed by atoms with Crippen molar-refractivity contribution < 1.29 is 31.6 Å². The third-order valence-electron chi connectivity index (χ3n) is 5.52. The Hall–Kier alpha value is -4.12. The maximum atomic E-state index is 13.6. The van der Waals surface area contributed by atoms with E-state index in [1.807, 2.05) is 0 Å². The summed E-state index contributed by atoms with van der Waals surface area (Å²) in [6.45, 7) is -0.622. The molecule has 0 atom stereocenters. The summed E-state index contributed by atoms with van der Waals surface area (Å²) in [6, 6.07) is 20.6. The van der Waals surface area contributed by atoms with Gasteiger partial charge in [-0.1, -0.05) is 60.7 Å². The van der Waals surface area contributed by atoms with Gasteiger partial charge in [-0.25, -0.2) is 13.2 Å². The minimum absolute atomic E-state index is 0.104. The molecule has 1 aliphatic heterocycles. The first-order chi connectivity index (χ1) is 16.7. The van der Waals surface area contributed by atoms with Gasteiger partial charge in [-0.05, 0) is 35.4 Å². The molecule has 0 radical (unpaired) electrons. The Morgan fingerprint density at radius 1 is 0.886 bits per heavy atom. The smallest absolute Gasteiger partial charge is 0.325 e. The molecular weight excluding hydrogens is 480 g/mol. The number of nitrogens with one attached hydrogen (secondary N) is 2. The number of urea groups is 1. The standard InChI is InChI=1S/C24H19F2N3O5S/c25-22(26)35(33,34)19-13-11-18(12-14-19)27-20(30)15-29-21(31)24(28-23(29)32,16-7-3-1-4-8-16)17-9-5-2-6-10-17/h1-14,22H,15H2,(H,27,30)(H,28,32). The Kier molecular flexibility index (Phi) is 6.35. The van der Waals surface area contributed by atoms with E-state index in [4.69, 9.17) is 0 Å². The van der Waals surface area contributed by atoms with Crippen LogP contribution < -0.4 is 10.6 Å². The first-order valence-corrected chi connectivity index (χ1v) is 11.9. The highest BCUT2D eigenvalue weighted by atomic mass is 32.2. The van der Waals surface area contributed by atoms with Crippen molar-refractivity contribution >= 4 is 33.4 Å². The van der Waals surface area contributed by atoms with Crippen molar-refractivity contribution in [2.24, 2.45) is 0 Å². The Morgan fingerprint density at radius 3 is 1.89 bits per heavy atom. The molecule has 0 aliphatic carbocycles. The first-order valence-electron chi connectivity index (χ1n) is 10.3. The van der Waals surface area contributed by atoms with E-state index in [9.17, 15) is 31.6 Å². The Labute approximate surface area is 199 Å². The number of carbonyl (C=O) groups is 3. The van der Waals surface area contributed by atoms with Gasteiger partial charge in [0.2, 0.25) is 15.7 Å². The number of rotatable bonds is 7. The summed E-state index contributed by atoms with van der Waals surface area (Å²) in [7, 11) is -4.77. The average molecular weight is 499 g/mol. The molecule has 0 aromatic heterocycles. The average Bonchev–Trinajstić information content (AvgIpc) is 3.11. The maximum Gasteiger partial charge on any atom is 0.341 e. The van der Waals surface area contributed by atoms with Crippen molar-refractivity contribution in [1.82, 2.24) is 10.2 Å². The van der Waals surface area contributed by atoms with E-state index in [-0.39, 0.29) is 5.69 Å². The van der Waals surface area contributed by atoms with Gasteiger partial charge in [0, 0.05) is 5.69 Å². The van der Waals surface area contributed by atoms with Gasteiger partial charge in [-0.15, -0.1) is 0 Å². The predicted octanol–water partition coefficient (Wildman–Crippen LogP) is 3.12. The van der Waals surface area contributed by atoms with Gasteiger partial charge in [0.1, 0.15) is 6.54 Å². The number of benzene rings is 3. The fourth-order valence-electron chi connectivity index (χ4n) is 3.83. The summed E-state index contributed by atoms with van der Waals surface area (Å²) in [5.74, 6) is -4.96. The minimum atomic E-state index is -4.77. The molecule has 0 bridgehead atoms. The monoisotopic (exact) mass is 499 g/mol. The number of hydrogen-bond donors (Lipinski definition) is 2. The van der Waals surface area contributed by atoms with E-state index < -0.39 is 50.4 Å². The van der Waals surface area contributed by atoms with Crippen molar-refractivity contribution in [3.8, 4) is 0 Å². The molecule has 0 spiro atoms. The van der Waals surface area contributed by atoms with E-state index in [1.165, 1.54) is 0 Å². The highest BCUT2D eigenvalue weighted by molar-refractivity contribution is 7.91. The van der Waals surface area contributed by atoms with Gasteiger partial charge < -0.3 is 10.6 Å². The highest BCUT2D eigenvalue weighted by Crippen LogP contribution is 2.35. The topological polar surface area (TPSA) is 113 Å². The second kappa shape index (κ2) is 9.26. The van der Waals surface area contributed by atoms with Crippen LogP contribution in [-0.4, -0.2) is 43.5 Å². The van der Waals surface area contributed by atoms with Crippen LogP contribution in [0, 0.1) is 0 Å². The molecule has 0 saturated carbocycles. The lowest BCUT2D eigenvalue weighted by atomic mass is 9.82. The molecule has 2 N–H and O–H groups in total. The number of alkyl halides is 2. The second-order valence-corrected chi connectivity index (χ2v) is 9.60. The van der Waals surface area contributed by atoms with Crippen LogP contribution in [0.15, 0.2) is 89.8 Å². The molecule has 3 aromatic carbocycles. The summed E-state index contributed by atoms with van der Waals surface area (Å²) >= 11 is 0. The third-order valence-corrected chi connectivity index (χ3v) is 6.92. The highest BCUT2D eigenvalue weighted by Gasteiger charge is 2.54. The van der Waals surface area contributed by atoms with Gasteiger partial charge in [0.05, 0.1) is 4.90 Å². The van der Waals surface area contributed by atoms with Crippen molar-refractivity contribution in [1.29, 1.82) is 0 Å². The predicted molar refractivity (Wildman–Crippen MR) is 122 cm³/mol. The number of carbonyl (C=O) groups excluding carboxylic acids is 3. The van der Waals surface area contributed by atoms with E-state index in [1.54, 1.807) is 60.7 Å². The molecule has 11 heteroatoms. The zero-order chi connectivity index (χ0) is 25.2. The van der Waals surface area contributed by atoms with Crippen LogP contribution in [0.25, 0.3) is 0 Å². The summed E-state index contributed by atoms with van der Waals surface area (Å²) in [6.07, 6.45) is 0. The summed E-state index contributed by atoms with van der Waals surface area (Å²) in [4.78, 5) is 39.2. The number of amides is 4. The Morgan fingerprint density at radius 2 is 1.40 bits per heavy atom. The number of hydrogen-bond acceptors (Lipinski definition) is 5. The Bertz CT molecular complexity index is 1330. The van der Waals surface area contributed by atoms with Crippen LogP contribution in [0.4, 0.5) is 19.3 Å². The molecule has 1 heterocycles. The molecule has 4 rings (SSSR count). The van der Waals surface area contributed by atoms with Gasteiger partial charge in [0.15, 0.2) is 5.54 Å². The lowest BCUT2D eigenvalue weighted by molar-refractivity contribution is -0.133. The van der Waals surface area contributed by atoms with E-state index >= 15 is 0 Å². The zero-order valence-electron chi connectivity index (χ0n) is 18.0. The van der Waals surface area contributed by atoms with Crippen LogP contribution in [0.5, 0.6) is 0 Å². The van der Waals surface area contributed by atoms with E-state index in [2.05, 4.69) is 10.6 Å². The van der Waals surface area contributed by atoms with Crippen LogP contribution in [0.3, 0.4) is 0 Å². The maximum absolute atomic E-state index is 13.6. The molecular formula is C24H19F2N3O5S. The first kappa shape index (κ1) is 24.0. The number of anilines is 1. The van der Waals surface area contributed by atoms with Crippen LogP contribution in [0.2, 0.25) is 0 Å². The Balaban J connectivity index is 1.56. The van der Waals surface area contributed by atoms with E-state index in [0.29, 0.717) is 11.1 Å². The lowest BCUT2D eigenvalue weighted by Gasteiger charge is -2.28. The molecule has 4 amide bonds. The van der Waals surface area contributed by atoms with Crippen LogP contribution >= 0.6 is 0 Å². The summed E-state index contributed by atoms with van der Waals surface area (Å²) < 4.78 is 48.4. The zero-order valence-corrected chi connectivity index (χ0v) is 18.8. The minimum Gasteiger partial charge on any atom is -0.325 e. The van der Waals surface area contributed by atoms with E-state index in [0.717, 1.165) is 29.2 Å². The normalized spacial score (nSPS) is 15.2. The SMILES string of the molecule is O=C(CN1C(=O)NC(c2ccccc2)(c2ccccc2)C1=O)Nc1ccc(S(=O)(=O)C(F)F)cc1. The van der Waals surface area contributed by atoms with Gasteiger partial charge in [-0.2, -0.15) is 8.78 Å². The van der Waals surface area contributed by atoms with Gasteiger partial charge >= 0.3 is 11.8 Å². The molecule has 1 fully saturated rings. The second-order valence-electron chi connectivity index (χ2n) is 7.68. The lowest BCUT2D eigenvalue weighted by Crippen LogP contribution is -2.45. The van der Waals surface area contributed by atoms with Crippen molar-refractivity contribution in [2.75, 3.05) is 11.9 Å². The van der Waals surface area contributed by atoms with Crippen molar-refractivity contribution in [3.05, 3.63) is 96.1 Å². The fourth-order valence-corrected chi connectivity index (χ4v) is 4.55. The van der Waals surface area contributed by atoms with Gasteiger partial charge in [0.25, 0.3) is 5.91 Å². The molecule has 180 valence electrons. The molecule has 3 aromatic rings. The number of nitrogens with zero attached hydrogens (tertiary/aromatic N) is 1. The fraction of sp³-hybridized carbons (Fsp3) is 0.125. The van der Waals surface area contributed by atoms with Crippen molar-refractivity contribution in [3.63, 3.8) is 0 Å². The van der Waals surface area contributed by atoms with Crippen molar-refractivity contribution in [2.45, 2.75) is 16.2 Å². The number of halogens is 2. The molecule has 1 aliphatic rings. The molecule has 1 saturated heterocycles. The summed E-state index contributed by atoms with van der Waals surface area (Å²) in [5.41, 5.74) is -0.384. The molecule has 0 unspecified atom stereocenters. The number of sulfone groups is 1. The largest absolute Gasteiger partial charge is 0.341 e. The quantitative estimate of drug-likeness (QED) is 0.485. The van der Waals surface area contributed by atoms with Gasteiger partial charge in [-0.3, -0.25) is 14.5 Å².